The van der Waals surface area contributed by atoms with Crippen LogP contribution >= 0.6 is 0 Å². The topological polar surface area (TPSA) is 111 Å². The van der Waals surface area contributed by atoms with Crippen LogP contribution in [0, 0.1) is 0 Å². The average molecular weight is 293 g/mol. The number of aromatic nitrogens is 5. The molecule has 0 bridgehead atoms. The van der Waals surface area contributed by atoms with Gasteiger partial charge in [0.05, 0.1) is 17.8 Å². The van der Waals surface area contributed by atoms with E-state index in [2.05, 4.69) is 20.3 Å². The zero-order chi connectivity index (χ0) is 15.1. The normalized spacial score (nSPS) is 11.5. The Hall–Kier alpha value is -2.93. The number of rotatable bonds is 3. The van der Waals surface area contributed by atoms with E-state index in [0.717, 1.165) is 27.5 Å². The lowest BCUT2D eigenvalue weighted by Crippen LogP contribution is -2.09. The van der Waals surface area contributed by atoms with Gasteiger partial charge in [-0.2, -0.15) is 10.2 Å². The van der Waals surface area contributed by atoms with Gasteiger partial charge in [-0.25, -0.2) is 4.98 Å². The Morgan fingerprint density at radius 2 is 2.09 bits per heavy atom. The largest absolute Gasteiger partial charge is 0.382 e. The molecule has 0 aliphatic carbocycles. The standard InChI is InChI=1S/C15H15N7/c16-4-6-22-8-11-10-2-1-9(12-3-5-18-20-12)7-13(10)19-15(17)14(11)21-22/h1-3,5,7-8H,4,6,16H2,(H2,17,19)(H,18,20). The van der Waals surface area contributed by atoms with Crippen LogP contribution in [-0.4, -0.2) is 31.5 Å². The predicted molar refractivity (Wildman–Crippen MR) is 86.1 cm³/mol. The zero-order valence-electron chi connectivity index (χ0n) is 11.8. The van der Waals surface area contributed by atoms with Crippen LogP contribution < -0.4 is 11.5 Å². The number of H-pyrrole nitrogens is 1. The molecule has 3 aromatic heterocycles. The Balaban J connectivity index is 1.96. The Morgan fingerprint density at radius 3 is 2.86 bits per heavy atom. The fourth-order valence-electron chi connectivity index (χ4n) is 2.67. The van der Waals surface area contributed by atoms with Crippen LogP contribution in [0.5, 0.6) is 0 Å². The molecular weight excluding hydrogens is 278 g/mol. The molecule has 4 aromatic rings. The maximum Gasteiger partial charge on any atom is 0.152 e. The van der Waals surface area contributed by atoms with Crippen molar-refractivity contribution < 1.29 is 0 Å². The fourth-order valence-corrected chi connectivity index (χ4v) is 2.67. The highest BCUT2D eigenvalue weighted by molar-refractivity contribution is 6.08. The Labute approximate surface area is 125 Å². The molecule has 0 saturated heterocycles. The number of pyridine rings is 1. The van der Waals surface area contributed by atoms with Gasteiger partial charge in [-0.3, -0.25) is 9.78 Å². The summed E-state index contributed by atoms with van der Waals surface area (Å²) in [5.74, 6) is 0.428. The number of aromatic amines is 1. The third kappa shape index (κ3) is 1.91. The van der Waals surface area contributed by atoms with Crippen molar-refractivity contribution in [2.75, 3.05) is 12.3 Å². The van der Waals surface area contributed by atoms with Crippen molar-refractivity contribution >= 4 is 27.6 Å². The Bertz CT molecular complexity index is 953. The van der Waals surface area contributed by atoms with Crippen molar-refractivity contribution in [3.8, 4) is 11.3 Å². The van der Waals surface area contributed by atoms with Crippen LogP contribution in [0.25, 0.3) is 33.1 Å². The van der Waals surface area contributed by atoms with Gasteiger partial charge in [-0.1, -0.05) is 12.1 Å². The zero-order valence-corrected chi connectivity index (χ0v) is 11.8. The van der Waals surface area contributed by atoms with E-state index < -0.39 is 0 Å². The Morgan fingerprint density at radius 1 is 1.18 bits per heavy atom. The summed E-state index contributed by atoms with van der Waals surface area (Å²) < 4.78 is 1.81. The van der Waals surface area contributed by atoms with Crippen molar-refractivity contribution in [3.05, 3.63) is 36.7 Å². The van der Waals surface area contributed by atoms with Crippen molar-refractivity contribution in [2.24, 2.45) is 5.73 Å². The monoisotopic (exact) mass is 293 g/mol. The third-order valence-corrected chi connectivity index (χ3v) is 3.69. The van der Waals surface area contributed by atoms with Gasteiger partial charge in [-0.15, -0.1) is 0 Å². The van der Waals surface area contributed by atoms with E-state index in [4.69, 9.17) is 11.5 Å². The molecule has 0 radical (unpaired) electrons. The highest BCUT2D eigenvalue weighted by Crippen LogP contribution is 2.29. The van der Waals surface area contributed by atoms with Gasteiger partial charge in [0, 0.05) is 35.3 Å². The molecule has 0 aliphatic rings. The quantitative estimate of drug-likeness (QED) is 0.530. The molecule has 0 unspecified atom stereocenters. The van der Waals surface area contributed by atoms with Crippen LogP contribution in [0.1, 0.15) is 0 Å². The van der Waals surface area contributed by atoms with Crippen LogP contribution in [0.15, 0.2) is 36.7 Å². The second-order valence-electron chi connectivity index (χ2n) is 5.13. The van der Waals surface area contributed by atoms with Gasteiger partial charge in [-0.05, 0) is 12.1 Å². The number of hydrogen-bond donors (Lipinski definition) is 3. The molecule has 110 valence electrons. The van der Waals surface area contributed by atoms with E-state index in [1.165, 1.54) is 0 Å². The number of nitrogens with zero attached hydrogens (tertiary/aromatic N) is 4. The first-order valence-electron chi connectivity index (χ1n) is 7.03. The molecule has 5 N–H and O–H groups in total. The highest BCUT2D eigenvalue weighted by Gasteiger charge is 2.12. The number of nitrogens with one attached hydrogen (secondary N) is 1. The Kier molecular flexibility index (Phi) is 2.80. The summed E-state index contributed by atoms with van der Waals surface area (Å²) in [5, 5.41) is 13.5. The van der Waals surface area contributed by atoms with Gasteiger partial charge in [0.15, 0.2) is 5.82 Å². The maximum absolute atomic E-state index is 6.06. The summed E-state index contributed by atoms with van der Waals surface area (Å²) in [4.78, 5) is 4.48. The minimum absolute atomic E-state index is 0.428. The summed E-state index contributed by atoms with van der Waals surface area (Å²) in [6, 6.07) is 7.96. The fraction of sp³-hybridized carbons (Fsp3) is 0.133. The molecule has 4 rings (SSSR count). The summed E-state index contributed by atoms with van der Waals surface area (Å²) >= 11 is 0. The van der Waals surface area contributed by atoms with E-state index >= 15 is 0 Å². The molecule has 0 amide bonds. The minimum Gasteiger partial charge on any atom is -0.382 e. The molecule has 0 atom stereocenters. The highest BCUT2D eigenvalue weighted by atomic mass is 15.3. The molecule has 22 heavy (non-hydrogen) atoms. The van der Waals surface area contributed by atoms with Crippen molar-refractivity contribution in [3.63, 3.8) is 0 Å². The molecule has 0 fully saturated rings. The van der Waals surface area contributed by atoms with Crippen LogP contribution in [-0.2, 0) is 6.54 Å². The number of benzene rings is 1. The van der Waals surface area contributed by atoms with Crippen LogP contribution in [0.3, 0.4) is 0 Å². The van der Waals surface area contributed by atoms with Crippen molar-refractivity contribution in [1.82, 2.24) is 25.0 Å². The lowest BCUT2D eigenvalue weighted by Gasteiger charge is -2.03. The van der Waals surface area contributed by atoms with Gasteiger partial charge < -0.3 is 11.5 Å². The minimum atomic E-state index is 0.428. The molecule has 3 heterocycles. The van der Waals surface area contributed by atoms with Gasteiger partial charge in [0.1, 0.15) is 5.52 Å². The number of nitrogens with two attached hydrogens (primary N) is 2. The summed E-state index contributed by atoms with van der Waals surface area (Å²) in [6.07, 6.45) is 3.76. The molecule has 1 aromatic carbocycles. The number of fused-ring (bicyclic) bond motifs is 3. The second-order valence-corrected chi connectivity index (χ2v) is 5.13. The molecular formula is C15H15N7. The van der Waals surface area contributed by atoms with Crippen molar-refractivity contribution in [2.45, 2.75) is 6.54 Å². The van der Waals surface area contributed by atoms with E-state index in [0.29, 0.717) is 24.4 Å². The van der Waals surface area contributed by atoms with E-state index in [1.54, 1.807) is 6.20 Å². The molecule has 7 nitrogen and oxygen atoms in total. The summed E-state index contributed by atoms with van der Waals surface area (Å²) in [6.45, 7) is 1.18. The van der Waals surface area contributed by atoms with Crippen molar-refractivity contribution in [1.29, 1.82) is 0 Å². The van der Waals surface area contributed by atoms with Crippen LogP contribution in [0.2, 0.25) is 0 Å². The number of hydrogen-bond acceptors (Lipinski definition) is 5. The molecule has 0 aliphatic heterocycles. The van der Waals surface area contributed by atoms with E-state index in [-0.39, 0.29) is 0 Å². The summed E-state index contributed by atoms with van der Waals surface area (Å²) in [5.41, 5.74) is 15.1. The number of nitrogen functional groups attached to an aromatic ring is 1. The van der Waals surface area contributed by atoms with Gasteiger partial charge in [0.2, 0.25) is 0 Å². The van der Waals surface area contributed by atoms with Gasteiger partial charge >= 0.3 is 0 Å². The maximum atomic E-state index is 6.06. The molecule has 7 heteroatoms. The number of anilines is 1. The lowest BCUT2D eigenvalue weighted by atomic mass is 10.1. The summed E-state index contributed by atoms with van der Waals surface area (Å²) in [7, 11) is 0. The lowest BCUT2D eigenvalue weighted by molar-refractivity contribution is 0.632. The smallest absolute Gasteiger partial charge is 0.152 e. The first-order chi connectivity index (χ1) is 10.8. The SMILES string of the molecule is NCCn1cc2c(n1)c(N)nc1cc(-c3cc[nH]n3)ccc12. The third-order valence-electron chi connectivity index (χ3n) is 3.69. The molecule has 0 saturated carbocycles. The average Bonchev–Trinajstić information content (AvgIpc) is 3.17. The predicted octanol–water partition coefficient (Wildman–Crippen LogP) is 1.52. The first kappa shape index (κ1) is 12.8. The van der Waals surface area contributed by atoms with Gasteiger partial charge in [0.25, 0.3) is 0 Å². The second kappa shape index (κ2) is 4.81. The molecule has 0 spiro atoms. The first-order valence-corrected chi connectivity index (χ1v) is 7.03. The van der Waals surface area contributed by atoms with E-state index in [1.807, 2.05) is 35.1 Å². The van der Waals surface area contributed by atoms with E-state index in [9.17, 15) is 0 Å². The van der Waals surface area contributed by atoms with Crippen LogP contribution in [0.4, 0.5) is 5.82 Å².